The van der Waals surface area contributed by atoms with Crippen molar-refractivity contribution in [2.24, 2.45) is 0 Å². The van der Waals surface area contributed by atoms with Crippen molar-refractivity contribution < 1.29 is 27.9 Å². The monoisotopic (exact) mass is 550 g/mol. The summed E-state index contributed by atoms with van der Waals surface area (Å²) in [6, 6.07) is 8.55. The fourth-order valence-electron chi connectivity index (χ4n) is 5.47. The summed E-state index contributed by atoms with van der Waals surface area (Å²) in [6.07, 6.45) is 4.17. The third-order valence-electron chi connectivity index (χ3n) is 7.34. The predicted molar refractivity (Wildman–Crippen MR) is 145 cm³/mol. The first-order valence-corrected chi connectivity index (χ1v) is 12.9. The van der Waals surface area contributed by atoms with Crippen molar-refractivity contribution in [3.8, 4) is 5.75 Å². The lowest BCUT2D eigenvalue weighted by Crippen LogP contribution is -2.37. The Morgan fingerprint density at radius 2 is 2.08 bits per heavy atom. The summed E-state index contributed by atoms with van der Waals surface area (Å²) in [4.78, 5) is 28.9. The Morgan fingerprint density at radius 3 is 2.80 bits per heavy atom. The van der Waals surface area contributed by atoms with Gasteiger partial charge in [0.05, 0.1) is 55.6 Å². The minimum Gasteiger partial charge on any atom is -0.494 e. The minimum absolute atomic E-state index is 0.163. The smallest absolute Gasteiger partial charge is 0.247 e. The molecule has 3 saturated heterocycles. The molecule has 0 unspecified atom stereocenters. The summed E-state index contributed by atoms with van der Waals surface area (Å²) in [5.41, 5.74) is 2.28. The fraction of sp³-hybridized carbons (Fsp3) is 0.321. The van der Waals surface area contributed by atoms with Crippen molar-refractivity contribution in [1.82, 2.24) is 9.97 Å². The number of nitrogens with one attached hydrogen (secondary N) is 2. The van der Waals surface area contributed by atoms with E-state index in [4.69, 9.17) is 14.3 Å². The summed E-state index contributed by atoms with van der Waals surface area (Å²) >= 11 is 0. The molecule has 0 aliphatic carbocycles. The van der Waals surface area contributed by atoms with Crippen LogP contribution in [0, 0.1) is 11.6 Å². The van der Waals surface area contributed by atoms with Crippen molar-refractivity contribution in [3.63, 3.8) is 0 Å². The molecule has 208 valence electrons. The number of methoxy groups -OCH3 is 1. The molecule has 2 N–H and O–H groups in total. The van der Waals surface area contributed by atoms with Crippen molar-refractivity contribution in [3.05, 3.63) is 72.6 Å². The van der Waals surface area contributed by atoms with Gasteiger partial charge >= 0.3 is 0 Å². The molecule has 2 bridgehead atoms. The van der Waals surface area contributed by atoms with Crippen LogP contribution in [0.3, 0.4) is 0 Å². The topological polar surface area (TPSA) is 101 Å². The van der Waals surface area contributed by atoms with E-state index in [1.165, 1.54) is 29.6 Å². The van der Waals surface area contributed by atoms with Crippen LogP contribution in [-0.2, 0) is 14.4 Å². The molecule has 1 aromatic heterocycles. The van der Waals surface area contributed by atoms with Crippen LogP contribution in [0.5, 0.6) is 5.75 Å². The van der Waals surface area contributed by atoms with Crippen LogP contribution in [0.15, 0.2) is 55.4 Å². The van der Waals surface area contributed by atoms with Crippen LogP contribution in [0.4, 0.5) is 37.5 Å². The number of aromatic nitrogens is 2. The SMILES string of the molecule is C=CC(=O)Nc1cc(Nc2cc(N3OCC[C@@H]3c3ccc(F)cc3F)ncn2)c(OC)cc1N1C[C@@H]2C[C@H]1CO2. The van der Waals surface area contributed by atoms with E-state index in [0.29, 0.717) is 54.0 Å². The van der Waals surface area contributed by atoms with Gasteiger partial charge in [-0.1, -0.05) is 12.6 Å². The lowest BCUT2D eigenvalue weighted by atomic mass is 10.0. The zero-order valence-corrected chi connectivity index (χ0v) is 21.8. The van der Waals surface area contributed by atoms with Gasteiger partial charge in [0.25, 0.3) is 0 Å². The van der Waals surface area contributed by atoms with E-state index in [2.05, 4.69) is 32.1 Å². The number of morpholine rings is 1. The number of nitrogens with zero attached hydrogens (tertiary/aromatic N) is 4. The van der Waals surface area contributed by atoms with Gasteiger partial charge in [-0.25, -0.2) is 23.8 Å². The maximum Gasteiger partial charge on any atom is 0.247 e. The summed E-state index contributed by atoms with van der Waals surface area (Å²) in [7, 11) is 1.57. The number of hydrogen-bond acceptors (Lipinski definition) is 9. The van der Waals surface area contributed by atoms with Gasteiger partial charge in [0, 0.05) is 36.7 Å². The van der Waals surface area contributed by atoms with Gasteiger partial charge in [-0.05, 0) is 24.6 Å². The molecule has 1 amide bonds. The molecule has 3 atom stereocenters. The highest BCUT2D eigenvalue weighted by Crippen LogP contribution is 2.43. The van der Waals surface area contributed by atoms with E-state index in [1.807, 2.05) is 6.07 Å². The maximum atomic E-state index is 14.6. The van der Waals surface area contributed by atoms with E-state index >= 15 is 0 Å². The summed E-state index contributed by atoms with van der Waals surface area (Å²) in [6.45, 7) is 5.27. The molecule has 3 aromatic rings. The number of ether oxygens (including phenoxy) is 2. The number of rotatable bonds is 8. The lowest BCUT2D eigenvalue weighted by molar-refractivity contribution is -0.111. The van der Waals surface area contributed by atoms with Crippen LogP contribution in [0.2, 0.25) is 0 Å². The average molecular weight is 551 g/mol. The minimum atomic E-state index is -0.649. The Balaban J connectivity index is 1.30. The molecule has 3 aliphatic rings. The largest absolute Gasteiger partial charge is 0.494 e. The molecule has 6 rings (SSSR count). The van der Waals surface area contributed by atoms with Gasteiger partial charge in [-0.3, -0.25) is 9.63 Å². The van der Waals surface area contributed by atoms with Crippen LogP contribution < -0.4 is 25.3 Å². The van der Waals surface area contributed by atoms with Crippen molar-refractivity contribution in [1.29, 1.82) is 0 Å². The first-order chi connectivity index (χ1) is 19.4. The number of anilines is 5. The zero-order chi connectivity index (χ0) is 27.8. The third kappa shape index (κ3) is 4.91. The number of benzene rings is 2. The second-order valence-electron chi connectivity index (χ2n) is 9.78. The van der Waals surface area contributed by atoms with E-state index in [-0.39, 0.29) is 18.1 Å². The molecule has 0 radical (unpaired) electrons. The van der Waals surface area contributed by atoms with E-state index in [0.717, 1.165) is 24.7 Å². The number of carbonyl (C=O) groups is 1. The molecule has 12 heteroatoms. The van der Waals surface area contributed by atoms with Crippen LogP contribution >= 0.6 is 0 Å². The third-order valence-corrected chi connectivity index (χ3v) is 7.34. The van der Waals surface area contributed by atoms with Crippen molar-refractivity contribution >= 4 is 34.6 Å². The van der Waals surface area contributed by atoms with Crippen LogP contribution in [0.25, 0.3) is 0 Å². The second kappa shape index (κ2) is 10.7. The summed E-state index contributed by atoms with van der Waals surface area (Å²) in [5, 5.41) is 7.65. The Labute approximate surface area is 229 Å². The quantitative estimate of drug-likeness (QED) is 0.393. The normalized spacial score (nSPS) is 21.5. The average Bonchev–Trinajstić information content (AvgIpc) is 3.71. The zero-order valence-electron chi connectivity index (χ0n) is 21.8. The Kier molecular flexibility index (Phi) is 6.95. The fourth-order valence-corrected chi connectivity index (χ4v) is 5.47. The second-order valence-corrected chi connectivity index (χ2v) is 9.78. The number of amides is 1. The number of halogens is 2. The molecule has 0 saturated carbocycles. The van der Waals surface area contributed by atoms with Crippen LogP contribution in [0.1, 0.15) is 24.4 Å². The number of hydroxylamine groups is 1. The molecule has 3 aliphatic heterocycles. The first-order valence-electron chi connectivity index (χ1n) is 12.9. The number of hydrogen-bond donors (Lipinski definition) is 2. The Hall–Kier alpha value is -4.29. The van der Waals surface area contributed by atoms with E-state index in [9.17, 15) is 13.6 Å². The van der Waals surface area contributed by atoms with Gasteiger partial charge in [0.2, 0.25) is 5.91 Å². The number of carbonyl (C=O) groups excluding carboxylic acids is 1. The lowest BCUT2D eigenvalue weighted by Gasteiger charge is -2.31. The Morgan fingerprint density at radius 1 is 1.20 bits per heavy atom. The molecule has 10 nitrogen and oxygen atoms in total. The standard InChI is InChI=1S/C28H28F2N6O4/c1-3-28(37)34-21-10-22(25(38-2)11-24(21)35-13-18-9-17(35)14-39-18)33-26-12-27(32-15-31-26)36-23(6-7-40-36)19-5-4-16(29)8-20(19)30/h3-5,8,10-12,15,17-18,23H,1,6-7,9,13-14H2,2H3,(H,34,37)(H,31,32,33)/t17-,18-,23+/m0/s1. The van der Waals surface area contributed by atoms with E-state index in [1.54, 1.807) is 19.2 Å². The molecule has 40 heavy (non-hydrogen) atoms. The molecular weight excluding hydrogens is 522 g/mol. The van der Waals surface area contributed by atoms with E-state index < -0.39 is 17.7 Å². The highest BCUT2D eigenvalue weighted by atomic mass is 19.1. The molecule has 4 heterocycles. The maximum absolute atomic E-state index is 14.6. The molecule has 0 spiro atoms. The molecule has 2 aromatic carbocycles. The Bertz CT molecular complexity index is 1460. The highest BCUT2D eigenvalue weighted by molar-refractivity contribution is 6.02. The first kappa shape index (κ1) is 26.0. The summed E-state index contributed by atoms with van der Waals surface area (Å²) in [5.74, 6) is -0.280. The summed E-state index contributed by atoms with van der Waals surface area (Å²) < 4.78 is 39.5. The van der Waals surface area contributed by atoms with Crippen molar-refractivity contribution in [2.45, 2.75) is 31.0 Å². The van der Waals surface area contributed by atoms with Gasteiger partial charge in [0.15, 0.2) is 5.82 Å². The number of fused-ring (bicyclic) bond motifs is 2. The van der Waals surface area contributed by atoms with Crippen LogP contribution in [-0.4, -0.2) is 54.9 Å². The van der Waals surface area contributed by atoms with Gasteiger partial charge in [-0.15, -0.1) is 0 Å². The van der Waals surface area contributed by atoms with Crippen molar-refractivity contribution in [2.75, 3.05) is 47.5 Å². The van der Waals surface area contributed by atoms with Gasteiger partial charge in [-0.2, -0.15) is 0 Å². The highest BCUT2D eigenvalue weighted by Gasteiger charge is 2.40. The molecule has 3 fully saturated rings. The molecular formula is C28H28F2N6O4. The van der Waals surface area contributed by atoms with Gasteiger partial charge in [0.1, 0.15) is 29.5 Å². The predicted octanol–water partition coefficient (Wildman–Crippen LogP) is 4.49. The van der Waals surface area contributed by atoms with Gasteiger partial charge < -0.3 is 25.0 Å².